The maximum Gasteiger partial charge on any atom is 0.227 e. The molecule has 24 heavy (non-hydrogen) atoms. The molecule has 0 unspecified atom stereocenters. The molecule has 0 aliphatic carbocycles. The Morgan fingerprint density at radius 1 is 1.21 bits per heavy atom. The number of rotatable bonds is 6. The average Bonchev–Trinajstić information content (AvgIpc) is 3.02. The van der Waals surface area contributed by atoms with E-state index in [1.165, 1.54) is 18.6 Å². The number of aromatic amines is 1. The third-order valence-electron chi connectivity index (χ3n) is 3.49. The predicted molar refractivity (Wildman–Crippen MR) is 91.5 cm³/mol. The quantitative estimate of drug-likeness (QED) is 0.744. The highest BCUT2D eigenvalue weighted by Crippen LogP contribution is 2.29. The Hall–Kier alpha value is -2.67. The summed E-state index contributed by atoms with van der Waals surface area (Å²) in [5.41, 5.74) is 1.57. The zero-order chi connectivity index (χ0) is 17.0. The molecule has 0 radical (unpaired) electrons. The van der Waals surface area contributed by atoms with E-state index in [1.807, 2.05) is 30.3 Å². The second-order valence-corrected chi connectivity index (χ2v) is 6.96. The van der Waals surface area contributed by atoms with Gasteiger partial charge in [0.2, 0.25) is 15.7 Å². The minimum atomic E-state index is -3.57. The van der Waals surface area contributed by atoms with Crippen molar-refractivity contribution in [2.45, 2.75) is 18.2 Å². The molecule has 0 bridgehead atoms. The summed E-state index contributed by atoms with van der Waals surface area (Å²) in [6, 6.07) is 9.91. The number of allylic oxidation sites excluding steroid dienone is 1. The van der Waals surface area contributed by atoms with Crippen LogP contribution >= 0.6 is 0 Å². The van der Waals surface area contributed by atoms with Gasteiger partial charge in [-0.25, -0.2) is 18.4 Å². The van der Waals surface area contributed by atoms with Gasteiger partial charge in [-0.05, 0) is 12.5 Å². The number of benzene rings is 1. The summed E-state index contributed by atoms with van der Waals surface area (Å²) >= 11 is 0. The smallest absolute Gasteiger partial charge is 0.227 e. The van der Waals surface area contributed by atoms with Gasteiger partial charge in [0.05, 0.1) is 12.0 Å². The average molecular weight is 343 g/mol. The van der Waals surface area contributed by atoms with Crippen molar-refractivity contribution >= 4 is 20.9 Å². The molecule has 1 N–H and O–H groups in total. The second kappa shape index (κ2) is 6.84. The van der Waals surface area contributed by atoms with E-state index in [-0.39, 0.29) is 10.8 Å². The summed E-state index contributed by atoms with van der Waals surface area (Å²) in [7, 11) is -3.57. The molecular weight excluding hydrogens is 326 g/mol. The molecule has 3 aromatic rings. The Kier molecular flexibility index (Phi) is 4.61. The van der Waals surface area contributed by atoms with Crippen molar-refractivity contribution in [3.8, 4) is 5.88 Å². The lowest BCUT2D eigenvalue weighted by atomic mass is 10.2. The number of aromatic nitrogens is 3. The summed E-state index contributed by atoms with van der Waals surface area (Å²) < 4.78 is 30.4. The standard InChI is InChI=1S/C17H17N3O3S/c1-2-10-24(21,22)14-11-18-16-15(14)17(20-12-19-16)23-9-8-13-6-4-3-5-7-13/h2-7,10-12H,8-9H2,1H3,(H,18,19,20)/b10-2-. The number of ether oxygens (including phenoxy) is 1. The summed E-state index contributed by atoms with van der Waals surface area (Å²) in [6.07, 6.45) is 4.95. The number of H-pyrrole nitrogens is 1. The Bertz CT molecular complexity index is 963. The fourth-order valence-electron chi connectivity index (χ4n) is 2.40. The molecule has 3 rings (SSSR count). The molecule has 124 valence electrons. The van der Waals surface area contributed by atoms with Crippen LogP contribution in [0.4, 0.5) is 0 Å². The Labute approximate surface area is 140 Å². The van der Waals surface area contributed by atoms with Crippen molar-refractivity contribution in [2.24, 2.45) is 0 Å². The third kappa shape index (κ3) is 3.30. The van der Waals surface area contributed by atoms with Crippen LogP contribution in [0.25, 0.3) is 11.0 Å². The highest BCUT2D eigenvalue weighted by atomic mass is 32.2. The third-order valence-corrected chi connectivity index (χ3v) is 5.06. The lowest BCUT2D eigenvalue weighted by molar-refractivity contribution is 0.313. The van der Waals surface area contributed by atoms with Crippen LogP contribution in [0.2, 0.25) is 0 Å². The Balaban J connectivity index is 1.89. The Morgan fingerprint density at radius 3 is 2.75 bits per heavy atom. The van der Waals surface area contributed by atoms with Crippen molar-refractivity contribution in [2.75, 3.05) is 6.61 Å². The van der Waals surface area contributed by atoms with E-state index in [2.05, 4.69) is 15.0 Å². The van der Waals surface area contributed by atoms with Gasteiger partial charge in [0.1, 0.15) is 16.9 Å². The normalized spacial score (nSPS) is 12.0. The first kappa shape index (κ1) is 16.2. The number of hydrogen-bond donors (Lipinski definition) is 1. The molecular formula is C17H17N3O3S. The first-order valence-electron chi connectivity index (χ1n) is 7.48. The van der Waals surface area contributed by atoms with Gasteiger partial charge in [-0.1, -0.05) is 36.4 Å². The van der Waals surface area contributed by atoms with Gasteiger partial charge < -0.3 is 9.72 Å². The highest BCUT2D eigenvalue weighted by molar-refractivity contribution is 7.94. The van der Waals surface area contributed by atoms with Crippen LogP contribution in [0.3, 0.4) is 0 Å². The van der Waals surface area contributed by atoms with E-state index < -0.39 is 9.84 Å². The van der Waals surface area contributed by atoms with E-state index >= 15 is 0 Å². The molecule has 2 aromatic heterocycles. The van der Waals surface area contributed by atoms with Crippen molar-refractivity contribution in [3.05, 3.63) is 59.9 Å². The monoisotopic (exact) mass is 343 g/mol. The van der Waals surface area contributed by atoms with Gasteiger partial charge in [-0.3, -0.25) is 0 Å². The SMILES string of the molecule is C/C=C\S(=O)(=O)c1c[nH]c2ncnc(OCCc3ccccc3)c12. The molecule has 0 amide bonds. The first-order valence-corrected chi connectivity index (χ1v) is 9.03. The van der Waals surface area contributed by atoms with E-state index in [4.69, 9.17) is 4.74 Å². The van der Waals surface area contributed by atoms with Gasteiger partial charge in [-0.15, -0.1) is 0 Å². The van der Waals surface area contributed by atoms with Crippen LogP contribution in [0.1, 0.15) is 12.5 Å². The molecule has 0 aliphatic heterocycles. The van der Waals surface area contributed by atoms with Gasteiger partial charge in [0.25, 0.3) is 0 Å². The van der Waals surface area contributed by atoms with Gasteiger partial charge in [0, 0.05) is 18.0 Å². The largest absolute Gasteiger partial charge is 0.477 e. The van der Waals surface area contributed by atoms with Crippen LogP contribution in [0.5, 0.6) is 5.88 Å². The molecule has 0 spiro atoms. The van der Waals surface area contributed by atoms with E-state index in [0.717, 1.165) is 11.0 Å². The van der Waals surface area contributed by atoms with Gasteiger partial charge in [-0.2, -0.15) is 0 Å². The minimum absolute atomic E-state index is 0.117. The topological polar surface area (TPSA) is 84.9 Å². The number of sulfone groups is 1. The van der Waals surface area contributed by atoms with Crippen molar-refractivity contribution < 1.29 is 13.2 Å². The number of nitrogens with zero attached hydrogens (tertiary/aromatic N) is 2. The number of nitrogens with one attached hydrogen (secondary N) is 1. The summed E-state index contributed by atoms with van der Waals surface area (Å²) in [5, 5.41) is 1.53. The van der Waals surface area contributed by atoms with Crippen LogP contribution in [-0.4, -0.2) is 30.0 Å². The molecule has 7 heteroatoms. The van der Waals surface area contributed by atoms with Gasteiger partial charge >= 0.3 is 0 Å². The molecule has 0 fully saturated rings. The van der Waals surface area contributed by atoms with E-state index in [9.17, 15) is 8.42 Å². The molecule has 2 heterocycles. The lowest BCUT2D eigenvalue weighted by Crippen LogP contribution is -2.04. The Morgan fingerprint density at radius 2 is 2.00 bits per heavy atom. The first-order chi connectivity index (χ1) is 11.6. The molecule has 6 nitrogen and oxygen atoms in total. The van der Waals surface area contributed by atoms with Crippen molar-refractivity contribution in [1.82, 2.24) is 15.0 Å². The minimum Gasteiger partial charge on any atom is -0.477 e. The van der Waals surface area contributed by atoms with Gasteiger partial charge in [0.15, 0.2) is 0 Å². The second-order valence-electron chi connectivity index (χ2n) is 5.15. The molecule has 1 aromatic carbocycles. The summed E-state index contributed by atoms with van der Waals surface area (Å²) in [5.74, 6) is 0.264. The van der Waals surface area contributed by atoms with Crippen LogP contribution in [0.15, 0.2) is 59.2 Å². The lowest BCUT2D eigenvalue weighted by Gasteiger charge is -2.07. The zero-order valence-electron chi connectivity index (χ0n) is 13.1. The maximum atomic E-state index is 12.3. The summed E-state index contributed by atoms with van der Waals surface area (Å²) in [4.78, 5) is 11.1. The fourth-order valence-corrected chi connectivity index (χ4v) is 3.60. The maximum absolute atomic E-state index is 12.3. The molecule has 0 saturated heterocycles. The van der Waals surface area contributed by atoms with E-state index in [0.29, 0.717) is 24.1 Å². The van der Waals surface area contributed by atoms with Crippen molar-refractivity contribution in [3.63, 3.8) is 0 Å². The molecule has 0 saturated carbocycles. The highest BCUT2D eigenvalue weighted by Gasteiger charge is 2.21. The van der Waals surface area contributed by atoms with Crippen molar-refractivity contribution in [1.29, 1.82) is 0 Å². The fraction of sp³-hybridized carbons (Fsp3) is 0.176. The van der Waals surface area contributed by atoms with Crippen LogP contribution < -0.4 is 4.74 Å². The predicted octanol–water partition coefficient (Wildman–Crippen LogP) is 2.89. The summed E-state index contributed by atoms with van der Waals surface area (Å²) in [6.45, 7) is 2.05. The van der Waals surface area contributed by atoms with Crippen LogP contribution in [-0.2, 0) is 16.3 Å². The van der Waals surface area contributed by atoms with E-state index in [1.54, 1.807) is 6.92 Å². The number of hydrogen-bond acceptors (Lipinski definition) is 5. The van der Waals surface area contributed by atoms with Crippen LogP contribution in [0, 0.1) is 0 Å². The number of fused-ring (bicyclic) bond motifs is 1. The molecule has 0 aliphatic rings. The zero-order valence-corrected chi connectivity index (χ0v) is 14.0. The molecule has 0 atom stereocenters.